The van der Waals surface area contributed by atoms with Gasteiger partial charge in [-0.15, -0.1) is 24.8 Å². The normalized spacial score (nSPS) is 16.9. The van der Waals surface area contributed by atoms with Gasteiger partial charge in [-0.1, -0.05) is 6.07 Å². The maximum atomic E-state index is 14.1. The van der Waals surface area contributed by atoms with Gasteiger partial charge in [0.05, 0.1) is 19.6 Å². The van der Waals surface area contributed by atoms with E-state index >= 15 is 0 Å². The maximum absolute atomic E-state index is 14.1. The fraction of sp³-hybridized carbons (Fsp3) is 0.571. The molecule has 1 aromatic carbocycles. The fourth-order valence-corrected chi connectivity index (χ4v) is 2.65. The van der Waals surface area contributed by atoms with Crippen molar-refractivity contribution < 1.29 is 22.3 Å². The van der Waals surface area contributed by atoms with Gasteiger partial charge in [-0.2, -0.15) is 13.2 Å². The highest BCUT2D eigenvalue weighted by atomic mass is 35.5. The summed E-state index contributed by atoms with van der Waals surface area (Å²) >= 11 is 0. The van der Waals surface area contributed by atoms with Crippen LogP contribution < -0.4 is 10.1 Å². The third-order valence-corrected chi connectivity index (χ3v) is 3.58. The van der Waals surface area contributed by atoms with Crippen molar-refractivity contribution in [1.29, 1.82) is 0 Å². The van der Waals surface area contributed by atoms with Gasteiger partial charge < -0.3 is 10.1 Å². The number of hydrogen-bond acceptors (Lipinski definition) is 3. The first-order valence-corrected chi connectivity index (χ1v) is 6.76. The van der Waals surface area contributed by atoms with Crippen LogP contribution in [0.1, 0.15) is 18.0 Å². The Labute approximate surface area is 145 Å². The van der Waals surface area contributed by atoms with E-state index < -0.39 is 24.5 Å². The summed E-state index contributed by atoms with van der Waals surface area (Å²) in [6, 6.07) is 3.02. The van der Waals surface area contributed by atoms with Gasteiger partial charge in [-0.05, 0) is 12.1 Å². The molecule has 0 bridgehead atoms. The molecule has 0 saturated carbocycles. The summed E-state index contributed by atoms with van der Waals surface area (Å²) in [5, 5.41) is 3.08. The molecule has 0 aromatic heterocycles. The Morgan fingerprint density at radius 2 is 1.83 bits per heavy atom. The summed E-state index contributed by atoms with van der Waals surface area (Å²) in [5.74, 6) is -0.509. The Kier molecular flexibility index (Phi) is 9.20. The highest BCUT2D eigenvalue weighted by Gasteiger charge is 2.38. The molecule has 3 nitrogen and oxygen atoms in total. The molecule has 1 saturated heterocycles. The molecule has 1 fully saturated rings. The highest BCUT2D eigenvalue weighted by molar-refractivity contribution is 5.85. The number of halogens is 6. The van der Waals surface area contributed by atoms with E-state index in [1.165, 1.54) is 25.3 Å². The van der Waals surface area contributed by atoms with Crippen LogP contribution in [0.4, 0.5) is 17.6 Å². The summed E-state index contributed by atoms with van der Waals surface area (Å²) in [6.45, 7) is 2.06. The predicted molar refractivity (Wildman–Crippen MR) is 85.3 cm³/mol. The van der Waals surface area contributed by atoms with E-state index in [-0.39, 0.29) is 36.1 Å². The second-order valence-electron chi connectivity index (χ2n) is 4.98. The number of piperazine rings is 1. The van der Waals surface area contributed by atoms with Crippen LogP contribution in [0.15, 0.2) is 18.2 Å². The first-order valence-electron chi connectivity index (χ1n) is 6.76. The summed E-state index contributed by atoms with van der Waals surface area (Å²) in [6.07, 6.45) is -5.47. The molecule has 1 atom stereocenters. The minimum atomic E-state index is -4.37. The summed E-state index contributed by atoms with van der Waals surface area (Å²) in [7, 11) is 1.33. The van der Waals surface area contributed by atoms with Crippen molar-refractivity contribution in [3.63, 3.8) is 0 Å². The zero-order valence-corrected chi connectivity index (χ0v) is 14.2. The lowest BCUT2D eigenvalue weighted by Crippen LogP contribution is -2.46. The third-order valence-electron chi connectivity index (χ3n) is 3.58. The van der Waals surface area contributed by atoms with Gasteiger partial charge in [-0.3, -0.25) is 4.90 Å². The van der Waals surface area contributed by atoms with Crippen LogP contribution in [0.3, 0.4) is 0 Å². The van der Waals surface area contributed by atoms with Crippen molar-refractivity contribution >= 4 is 24.8 Å². The van der Waals surface area contributed by atoms with Crippen molar-refractivity contribution in [2.45, 2.75) is 18.6 Å². The molecule has 23 heavy (non-hydrogen) atoms. The number of hydrogen-bond donors (Lipinski definition) is 1. The topological polar surface area (TPSA) is 24.5 Å². The predicted octanol–water partition coefficient (Wildman–Crippen LogP) is 3.58. The van der Waals surface area contributed by atoms with Gasteiger partial charge in [0.25, 0.3) is 0 Å². The second kappa shape index (κ2) is 9.52. The van der Waals surface area contributed by atoms with Crippen LogP contribution in [0, 0.1) is 5.82 Å². The Morgan fingerprint density at radius 3 is 2.35 bits per heavy atom. The minimum absolute atomic E-state index is 0. The average molecular weight is 379 g/mol. The van der Waals surface area contributed by atoms with Crippen molar-refractivity contribution in [2.24, 2.45) is 0 Å². The third kappa shape index (κ3) is 5.99. The fourth-order valence-electron chi connectivity index (χ4n) is 2.65. The quantitative estimate of drug-likeness (QED) is 0.810. The van der Waals surface area contributed by atoms with Crippen LogP contribution in [-0.2, 0) is 0 Å². The van der Waals surface area contributed by atoms with E-state index in [1.807, 2.05) is 0 Å². The van der Waals surface area contributed by atoms with Gasteiger partial charge in [0.2, 0.25) is 0 Å². The molecule has 0 aliphatic carbocycles. The molecule has 1 N–H and O–H groups in total. The first-order chi connectivity index (χ1) is 9.92. The van der Waals surface area contributed by atoms with E-state index in [1.54, 1.807) is 4.90 Å². The molecular formula is C14H20Cl2F4N2O. The Bertz CT molecular complexity index is 482. The molecule has 9 heteroatoms. The van der Waals surface area contributed by atoms with Crippen LogP contribution >= 0.6 is 24.8 Å². The molecule has 1 aromatic rings. The molecule has 1 heterocycles. The molecule has 134 valence electrons. The maximum Gasteiger partial charge on any atom is 0.390 e. The molecule has 0 radical (unpaired) electrons. The Balaban J connectivity index is 0.00000242. The zero-order chi connectivity index (χ0) is 15.5. The standard InChI is InChI=1S/C14H18F4N2O.2ClH/c1-21-12-4-2-3-10(15)13(12)11(9-14(16,17)18)20-7-5-19-6-8-20;;/h2-4,11,19H,5-9H2,1H3;2*1H/t11-;;/m1../s1. The molecule has 0 amide bonds. The van der Waals surface area contributed by atoms with E-state index in [9.17, 15) is 17.6 Å². The molecule has 0 spiro atoms. The van der Waals surface area contributed by atoms with Gasteiger partial charge >= 0.3 is 6.18 Å². The van der Waals surface area contributed by atoms with E-state index in [2.05, 4.69) is 5.32 Å². The number of alkyl halides is 3. The zero-order valence-electron chi connectivity index (χ0n) is 12.5. The van der Waals surface area contributed by atoms with Crippen LogP contribution in [0.5, 0.6) is 5.75 Å². The number of benzene rings is 1. The molecule has 1 aliphatic rings. The van der Waals surface area contributed by atoms with Crippen molar-refractivity contribution in [3.8, 4) is 5.75 Å². The lowest BCUT2D eigenvalue weighted by Gasteiger charge is -2.36. The van der Waals surface area contributed by atoms with Crippen LogP contribution in [-0.4, -0.2) is 44.4 Å². The van der Waals surface area contributed by atoms with Gasteiger partial charge in [0, 0.05) is 31.7 Å². The summed E-state index contributed by atoms with van der Waals surface area (Å²) < 4.78 is 57.9. The smallest absolute Gasteiger partial charge is 0.390 e. The lowest BCUT2D eigenvalue weighted by molar-refractivity contribution is -0.149. The highest BCUT2D eigenvalue weighted by Crippen LogP contribution is 2.39. The van der Waals surface area contributed by atoms with Gasteiger partial charge in [-0.25, -0.2) is 4.39 Å². The van der Waals surface area contributed by atoms with E-state index in [0.29, 0.717) is 26.2 Å². The second-order valence-corrected chi connectivity index (χ2v) is 4.98. The molecule has 0 unspecified atom stereocenters. The van der Waals surface area contributed by atoms with Crippen molar-refractivity contribution in [3.05, 3.63) is 29.6 Å². The number of rotatable bonds is 4. The largest absolute Gasteiger partial charge is 0.496 e. The lowest BCUT2D eigenvalue weighted by atomic mass is 9.99. The monoisotopic (exact) mass is 378 g/mol. The van der Waals surface area contributed by atoms with Crippen molar-refractivity contribution in [2.75, 3.05) is 33.3 Å². The van der Waals surface area contributed by atoms with Crippen LogP contribution in [0.2, 0.25) is 0 Å². The van der Waals surface area contributed by atoms with Crippen LogP contribution in [0.25, 0.3) is 0 Å². The number of methoxy groups -OCH3 is 1. The molecule has 2 rings (SSSR count). The van der Waals surface area contributed by atoms with Gasteiger partial charge in [0.15, 0.2) is 0 Å². The van der Waals surface area contributed by atoms with Crippen molar-refractivity contribution in [1.82, 2.24) is 10.2 Å². The first kappa shape index (κ1) is 22.2. The molecule has 1 aliphatic heterocycles. The molecular weight excluding hydrogens is 359 g/mol. The SMILES string of the molecule is COc1cccc(F)c1[C@@H](CC(F)(F)F)N1CCNCC1.Cl.Cl. The minimum Gasteiger partial charge on any atom is -0.496 e. The average Bonchev–Trinajstić information content (AvgIpc) is 2.45. The number of nitrogens with zero attached hydrogens (tertiary/aromatic N) is 1. The van der Waals surface area contributed by atoms with Gasteiger partial charge in [0.1, 0.15) is 11.6 Å². The Morgan fingerprint density at radius 1 is 1.22 bits per heavy atom. The van der Waals surface area contributed by atoms with E-state index in [4.69, 9.17) is 4.74 Å². The number of ether oxygens (including phenoxy) is 1. The Hall–Kier alpha value is -0.760. The number of nitrogens with one attached hydrogen (secondary N) is 1. The summed E-state index contributed by atoms with van der Waals surface area (Å²) in [4.78, 5) is 1.66. The summed E-state index contributed by atoms with van der Waals surface area (Å²) in [5.41, 5.74) is -0.0146. The van der Waals surface area contributed by atoms with E-state index in [0.717, 1.165) is 0 Å².